The van der Waals surface area contributed by atoms with E-state index in [0.29, 0.717) is 4.47 Å². The van der Waals surface area contributed by atoms with Crippen LogP contribution in [0.3, 0.4) is 0 Å². The van der Waals surface area contributed by atoms with E-state index in [4.69, 9.17) is 28.3 Å². The number of aromatic amines is 1. The number of halogens is 3. The summed E-state index contributed by atoms with van der Waals surface area (Å²) < 4.78 is 0.693. The van der Waals surface area contributed by atoms with E-state index in [2.05, 4.69) is 26.2 Å². The van der Waals surface area contributed by atoms with E-state index >= 15 is 0 Å². The summed E-state index contributed by atoms with van der Waals surface area (Å²) in [5.41, 5.74) is -0.0372. The van der Waals surface area contributed by atoms with Crippen LogP contribution in [0.4, 0.5) is 5.69 Å². The predicted octanol–water partition coefficient (Wildman–Crippen LogP) is 4.03. The minimum absolute atomic E-state index is 0.00938. The quantitative estimate of drug-likeness (QED) is 0.754. The predicted molar refractivity (Wildman–Crippen MR) is 79.9 cm³/mol. The Kier molecular flexibility index (Phi) is 4.37. The fourth-order valence-corrected chi connectivity index (χ4v) is 2.35. The van der Waals surface area contributed by atoms with Crippen molar-refractivity contribution >= 4 is 56.7 Å². The van der Waals surface area contributed by atoms with Crippen LogP contribution in [0.25, 0.3) is 0 Å². The molecule has 2 rings (SSSR count). The van der Waals surface area contributed by atoms with Crippen molar-refractivity contribution in [3.63, 3.8) is 0 Å². The molecular weight excluding hydrogens is 371 g/mol. The highest BCUT2D eigenvalue weighted by molar-refractivity contribution is 9.10. The van der Waals surface area contributed by atoms with Gasteiger partial charge in [-0.15, -0.1) is 0 Å². The fourth-order valence-electron chi connectivity index (χ4n) is 1.56. The number of aromatic carboxylic acids is 1. The number of carboxylic acid groups (broad SMARTS) is 1. The molecule has 1 heterocycles. The van der Waals surface area contributed by atoms with Gasteiger partial charge in [-0.25, -0.2) is 4.79 Å². The molecule has 0 radical (unpaired) electrons. The number of carbonyl (C=O) groups excluding carboxylic acids is 1. The van der Waals surface area contributed by atoms with Gasteiger partial charge < -0.3 is 15.4 Å². The third kappa shape index (κ3) is 2.98. The molecule has 1 aromatic heterocycles. The number of benzene rings is 1. The first kappa shape index (κ1) is 14.9. The molecule has 0 atom stereocenters. The SMILES string of the molecule is O=C(Nc1c(Cl)ccc(Cl)c1C(=O)O)c1cc(Br)c[nH]1. The summed E-state index contributed by atoms with van der Waals surface area (Å²) in [4.78, 5) is 25.9. The topological polar surface area (TPSA) is 82.2 Å². The Morgan fingerprint density at radius 3 is 2.45 bits per heavy atom. The summed E-state index contributed by atoms with van der Waals surface area (Å²) >= 11 is 14.9. The number of H-pyrrole nitrogens is 1. The second kappa shape index (κ2) is 5.87. The number of amides is 1. The minimum atomic E-state index is -1.28. The van der Waals surface area contributed by atoms with Gasteiger partial charge in [0.1, 0.15) is 11.3 Å². The maximum atomic E-state index is 12.0. The van der Waals surface area contributed by atoms with Crippen molar-refractivity contribution in [2.45, 2.75) is 0 Å². The van der Waals surface area contributed by atoms with Crippen molar-refractivity contribution in [2.75, 3.05) is 5.32 Å². The second-order valence-electron chi connectivity index (χ2n) is 3.77. The molecule has 104 valence electrons. The molecule has 5 nitrogen and oxygen atoms in total. The van der Waals surface area contributed by atoms with Gasteiger partial charge in [-0.1, -0.05) is 23.2 Å². The van der Waals surface area contributed by atoms with E-state index in [1.165, 1.54) is 12.1 Å². The van der Waals surface area contributed by atoms with Gasteiger partial charge in [0, 0.05) is 10.7 Å². The lowest BCUT2D eigenvalue weighted by Crippen LogP contribution is -2.16. The minimum Gasteiger partial charge on any atom is -0.478 e. The second-order valence-corrected chi connectivity index (χ2v) is 5.50. The number of carboxylic acids is 1. The molecule has 1 amide bonds. The Morgan fingerprint density at radius 1 is 1.25 bits per heavy atom. The Hall–Kier alpha value is -1.50. The van der Waals surface area contributed by atoms with Crippen LogP contribution in [-0.4, -0.2) is 22.0 Å². The molecule has 0 unspecified atom stereocenters. The van der Waals surface area contributed by atoms with Crippen molar-refractivity contribution in [2.24, 2.45) is 0 Å². The van der Waals surface area contributed by atoms with Crippen molar-refractivity contribution < 1.29 is 14.7 Å². The van der Waals surface area contributed by atoms with Gasteiger partial charge in [0.15, 0.2) is 0 Å². The van der Waals surface area contributed by atoms with Crippen LogP contribution in [0.1, 0.15) is 20.8 Å². The fraction of sp³-hybridized carbons (Fsp3) is 0. The molecule has 20 heavy (non-hydrogen) atoms. The van der Waals surface area contributed by atoms with E-state index in [9.17, 15) is 9.59 Å². The van der Waals surface area contributed by atoms with Gasteiger partial charge in [0.05, 0.1) is 15.7 Å². The number of hydrogen-bond donors (Lipinski definition) is 3. The molecule has 8 heteroatoms. The van der Waals surface area contributed by atoms with Gasteiger partial charge in [-0.2, -0.15) is 0 Å². The highest BCUT2D eigenvalue weighted by Gasteiger charge is 2.20. The van der Waals surface area contributed by atoms with E-state index < -0.39 is 11.9 Å². The smallest absolute Gasteiger partial charge is 0.339 e. The summed E-state index contributed by atoms with van der Waals surface area (Å²) in [5.74, 6) is -1.80. The van der Waals surface area contributed by atoms with Crippen molar-refractivity contribution in [3.8, 4) is 0 Å². The summed E-state index contributed by atoms with van der Waals surface area (Å²) in [5, 5.41) is 11.7. The van der Waals surface area contributed by atoms with Crippen LogP contribution < -0.4 is 5.32 Å². The number of anilines is 1. The third-order valence-electron chi connectivity index (χ3n) is 2.45. The zero-order valence-electron chi connectivity index (χ0n) is 9.71. The molecule has 0 saturated heterocycles. The Labute approximate surface area is 132 Å². The normalized spacial score (nSPS) is 10.3. The van der Waals surface area contributed by atoms with E-state index in [1.807, 2.05) is 0 Å². The lowest BCUT2D eigenvalue weighted by Gasteiger charge is -2.11. The number of carbonyl (C=O) groups is 2. The molecule has 3 N–H and O–H groups in total. The molecule has 1 aromatic carbocycles. The molecule has 0 spiro atoms. The maximum absolute atomic E-state index is 12.0. The standard InChI is InChI=1S/C12H7BrCl2N2O3/c13-5-3-8(16-4-5)11(18)17-10-7(15)2-1-6(14)9(10)12(19)20/h1-4,16H,(H,17,18)(H,19,20). The van der Waals surface area contributed by atoms with Crippen LogP contribution in [-0.2, 0) is 0 Å². The number of rotatable bonds is 3. The summed E-state index contributed by atoms with van der Waals surface area (Å²) in [6.45, 7) is 0. The molecule has 2 aromatic rings. The first-order valence-electron chi connectivity index (χ1n) is 5.26. The lowest BCUT2D eigenvalue weighted by atomic mass is 10.1. The lowest BCUT2D eigenvalue weighted by molar-refractivity contribution is 0.0698. The first-order chi connectivity index (χ1) is 9.40. The van der Waals surface area contributed by atoms with Gasteiger partial charge in [-0.05, 0) is 34.1 Å². The maximum Gasteiger partial charge on any atom is 0.339 e. The van der Waals surface area contributed by atoms with Crippen LogP contribution >= 0.6 is 39.1 Å². The van der Waals surface area contributed by atoms with E-state index in [1.54, 1.807) is 12.3 Å². The Bertz CT molecular complexity index is 700. The molecule has 0 fully saturated rings. The largest absolute Gasteiger partial charge is 0.478 e. The molecule has 0 bridgehead atoms. The zero-order valence-corrected chi connectivity index (χ0v) is 12.8. The number of aromatic nitrogens is 1. The zero-order chi connectivity index (χ0) is 14.9. The summed E-state index contributed by atoms with van der Waals surface area (Å²) in [6, 6.07) is 4.32. The summed E-state index contributed by atoms with van der Waals surface area (Å²) in [6.07, 6.45) is 1.58. The number of hydrogen-bond acceptors (Lipinski definition) is 2. The highest BCUT2D eigenvalue weighted by Crippen LogP contribution is 2.32. The van der Waals surface area contributed by atoms with E-state index in [0.717, 1.165) is 0 Å². The Balaban J connectivity index is 2.41. The molecule has 0 aliphatic rings. The highest BCUT2D eigenvalue weighted by atomic mass is 79.9. The van der Waals surface area contributed by atoms with Gasteiger partial charge in [-0.3, -0.25) is 4.79 Å². The van der Waals surface area contributed by atoms with Gasteiger partial charge in [0.25, 0.3) is 5.91 Å². The monoisotopic (exact) mass is 376 g/mol. The van der Waals surface area contributed by atoms with E-state index in [-0.39, 0.29) is 27.0 Å². The Morgan fingerprint density at radius 2 is 1.90 bits per heavy atom. The first-order valence-corrected chi connectivity index (χ1v) is 6.81. The van der Waals surface area contributed by atoms with Crippen LogP contribution in [0.2, 0.25) is 10.0 Å². The molecular formula is C12H7BrCl2N2O3. The number of nitrogens with one attached hydrogen (secondary N) is 2. The summed E-state index contributed by atoms with van der Waals surface area (Å²) in [7, 11) is 0. The van der Waals surface area contributed by atoms with Crippen molar-refractivity contribution in [1.82, 2.24) is 4.98 Å². The van der Waals surface area contributed by atoms with Crippen LogP contribution in [0.15, 0.2) is 28.9 Å². The van der Waals surface area contributed by atoms with Crippen LogP contribution in [0, 0.1) is 0 Å². The third-order valence-corrected chi connectivity index (χ3v) is 3.54. The average molecular weight is 378 g/mol. The molecule has 0 aliphatic carbocycles. The van der Waals surface area contributed by atoms with Gasteiger partial charge >= 0.3 is 5.97 Å². The van der Waals surface area contributed by atoms with Crippen molar-refractivity contribution in [3.05, 3.63) is 50.2 Å². The average Bonchev–Trinajstić information content (AvgIpc) is 2.80. The van der Waals surface area contributed by atoms with Crippen molar-refractivity contribution in [1.29, 1.82) is 0 Å². The molecule has 0 aliphatic heterocycles. The molecule has 0 saturated carbocycles. The van der Waals surface area contributed by atoms with Gasteiger partial charge in [0.2, 0.25) is 0 Å². The van der Waals surface area contributed by atoms with Crippen LogP contribution in [0.5, 0.6) is 0 Å².